The highest BCUT2D eigenvalue weighted by Crippen LogP contribution is 2.70. The standard InChI is InChI=1S/C44H68O17/c1-18-6-11-44(54-17-18)19(2)30-26(61-44)14-24-29-23(8-10-43(24,30)5)42(4)9-7-22(12-21(42)13-25(29)47)56-41-38(60-39-35(52)33(50)31(48)20(3)55-39)36(53)37(28(16-46)58-41)59-40-34(51)32(49)27(15-45)57-40/h13,18-20,22-24,26-41,45-46,48-53H,6-12,14-17H2,1-5H3/t18-,19+,20+,22+,23+,24+,26+,27+,28-,29-,30+,31+,32+,33-,34-,35-,36+,37-,38-,39+,40+,41-,42+,43+,44-/m1/s1. The van der Waals surface area contributed by atoms with Crippen molar-refractivity contribution < 1.29 is 83.5 Å². The van der Waals surface area contributed by atoms with Gasteiger partial charge in [0.15, 0.2) is 30.4 Å². The monoisotopic (exact) mass is 868 g/mol. The van der Waals surface area contributed by atoms with Gasteiger partial charge in [-0.3, -0.25) is 4.79 Å². The van der Waals surface area contributed by atoms with Gasteiger partial charge >= 0.3 is 0 Å². The molecule has 8 N–H and O–H groups in total. The number of carbonyl (C=O) groups is 1. The second-order valence-corrected chi connectivity index (χ2v) is 20.6. The molecule has 4 aliphatic carbocycles. The Morgan fingerprint density at radius 2 is 1.41 bits per heavy atom. The van der Waals surface area contributed by atoms with Gasteiger partial charge in [-0.25, -0.2) is 0 Å². The Kier molecular flexibility index (Phi) is 12.2. The van der Waals surface area contributed by atoms with Gasteiger partial charge in [0.05, 0.1) is 38.1 Å². The molecule has 61 heavy (non-hydrogen) atoms. The van der Waals surface area contributed by atoms with E-state index in [0.717, 1.165) is 44.1 Å². The summed E-state index contributed by atoms with van der Waals surface area (Å²) in [5, 5.41) is 84.8. The van der Waals surface area contributed by atoms with Crippen LogP contribution in [-0.2, 0) is 42.7 Å². The number of fused-ring (bicyclic) bond motifs is 7. The van der Waals surface area contributed by atoms with Crippen LogP contribution in [0.2, 0.25) is 0 Å². The minimum Gasteiger partial charge on any atom is -0.394 e. The number of hydrogen-bond donors (Lipinski definition) is 8. The summed E-state index contributed by atoms with van der Waals surface area (Å²) in [4.78, 5) is 14.5. The molecule has 1 spiro atoms. The first kappa shape index (κ1) is 44.9. The molecule has 0 aromatic carbocycles. The lowest BCUT2D eigenvalue weighted by Crippen LogP contribution is -2.65. The molecule has 346 valence electrons. The molecule has 17 heteroatoms. The third-order valence-electron chi connectivity index (χ3n) is 17.2. The molecule has 0 unspecified atom stereocenters. The van der Waals surface area contributed by atoms with Crippen molar-refractivity contribution in [3.63, 3.8) is 0 Å². The van der Waals surface area contributed by atoms with E-state index in [1.54, 1.807) is 0 Å². The second kappa shape index (κ2) is 16.6. The Morgan fingerprint density at radius 3 is 2.10 bits per heavy atom. The fourth-order valence-corrected chi connectivity index (χ4v) is 13.6. The van der Waals surface area contributed by atoms with Gasteiger partial charge in [0.1, 0.15) is 61.0 Å². The van der Waals surface area contributed by atoms with Crippen molar-refractivity contribution in [3.05, 3.63) is 11.6 Å². The van der Waals surface area contributed by atoms with Crippen molar-refractivity contribution in [1.29, 1.82) is 0 Å². The van der Waals surface area contributed by atoms with Crippen LogP contribution in [0.15, 0.2) is 11.6 Å². The van der Waals surface area contributed by atoms with Crippen molar-refractivity contribution in [2.45, 2.75) is 190 Å². The van der Waals surface area contributed by atoms with Crippen molar-refractivity contribution in [3.8, 4) is 0 Å². The van der Waals surface area contributed by atoms with Crippen LogP contribution in [0.3, 0.4) is 0 Å². The Labute approximate surface area is 356 Å². The summed E-state index contributed by atoms with van der Waals surface area (Å²) in [5.41, 5.74) is 0.706. The number of carbonyl (C=O) groups excluding carboxylic acids is 1. The van der Waals surface area contributed by atoms with E-state index in [1.165, 1.54) is 6.92 Å². The zero-order chi connectivity index (χ0) is 43.5. The van der Waals surface area contributed by atoms with Crippen LogP contribution >= 0.6 is 0 Å². The predicted molar refractivity (Wildman–Crippen MR) is 209 cm³/mol. The maximum atomic E-state index is 14.5. The zero-order valence-corrected chi connectivity index (χ0v) is 35.8. The highest BCUT2D eigenvalue weighted by Gasteiger charge is 2.70. The van der Waals surface area contributed by atoms with Crippen molar-refractivity contribution >= 4 is 5.78 Å². The van der Waals surface area contributed by atoms with E-state index < -0.39 is 111 Å². The topological polar surface area (TPSA) is 253 Å². The van der Waals surface area contributed by atoms with E-state index in [9.17, 15) is 45.6 Å². The molecule has 5 heterocycles. The number of ketones is 1. The number of hydrogen-bond acceptors (Lipinski definition) is 17. The fourth-order valence-electron chi connectivity index (χ4n) is 13.6. The number of allylic oxidation sites excluding steroid dienone is 1. The Balaban J connectivity index is 0.930. The van der Waals surface area contributed by atoms with Crippen LogP contribution in [0.25, 0.3) is 0 Å². The van der Waals surface area contributed by atoms with Crippen LogP contribution in [0.1, 0.15) is 86.0 Å². The second-order valence-electron chi connectivity index (χ2n) is 20.6. The van der Waals surface area contributed by atoms with E-state index in [4.69, 9.17) is 37.9 Å². The molecule has 0 radical (unpaired) electrons. The molecule has 9 aliphatic rings. The largest absolute Gasteiger partial charge is 0.394 e. The van der Waals surface area contributed by atoms with Gasteiger partial charge in [-0.2, -0.15) is 0 Å². The van der Waals surface area contributed by atoms with Crippen LogP contribution in [0.4, 0.5) is 0 Å². The van der Waals surface area contributed by atoms with Gasteiger partial charge in [-0.05, 0) is 92.4 Å². The van der Waals surface area contributed by atoms with E-state index >= 15 is 0 Å². The summed E-state index contributed by atoms with van der Waals surface area (Å²) in [6.45, 7) is 10.1. The summed E-state index contributed by atoms with van der Waals surface area (Å²) < 4.78 is 49.5. The summed E-state index contributed by atoms with van der Waals surface area (Å²) in [7, 11) is 0. The predicted octanol–water partition coefficient (Wildman–Crippen LogP) is 0.0322. The molecule has 0 aromatic rings. The normalized spacial score (nSPS) is 57.0. The van der Waals surface area contributed by atoms with Crippen LogP contribution in [0.5, 0.6) is 0 Å². The first-order valence-corrected chi connectivity index (χ1v) is 22.7. The average Bonchev–Trinajstić information content (AvgIpc) is 3.80. The number of ether oxygens (including phenoxy) is 8. The zero-order valence-electron chi connectivity index (χ0n) is 35.8. The summed E-state index contributed by atoms with van der Waals surface area (Å²) in [6.07, 6.45) is -12.6. The minimum absolute atomic E-state index is 0.0400. The molecule has 3 saturated carbocycles. The SMILES string of the molecule is C[C@@H]1CC[C@@]2(OC1)O[C@H]1C[C@H]3[C@@H]4C(=O)C=C5C[C@@H](O[C@@H]6O[C@H](CO)[C@@H](O[C@@H]7O[C@@H](CO)[C@H](O)[C@H]7O)[C@H](O)[C@H]6O[C@@H]6O[C@@H](C)[C@H](O)[C@@H](O)[C@H]6O)CC[C@]5(C)[C@H]4CC[C@]3(C)[C@H]1[C@@H]2C. The van der Waals surface area contributed by atoms with Crippen molar-refractivity contribution in [2.24, 2.45) is 46.3 Å². The first-order chi connectivity index (χ1) is 28.9. The molecular formula is C44H68O17. The molecule has 0 aromatic heterocycles. The van der Waals surface area contributed by atoms with Gasteiger partial charge in [0.2, 0.25) is 0 Å². The number of aliphatic hydroxyl groups excluding tert-OH is 8. The van der Waals surface area contributed by atoms with Crippen molar-refractivity contribution in [2.75, 3.05) is 19.8 Å². The van der Waals surface area contributed by atoms with Crippen molar-refractivity contribution in [1.82, 2.24) is 0 Å². The molecule has 25 atom stereocenters. The Morgan fingerprint density at radius 1 is 0.721 bits per heavy atom. The molecule has 8 fully saturated rings. The van der Waals surface area contributed by atoms with Gasteiger partial charge < -0.3 is 78.7 Å². The molecule has 17 nitrogen and oxygen atoms in total. The van der Waals surface area contributed by atoms with Gasteiger partial charge in [0.25, 0.3) is 0 Å². The molecule has 0 bridgehead atoms. The van der Waals surface area contributed by atoms with E-state index in [1.807, 2.05) is 6.08 Å². The highest BCUT2D eigenvalue weighted by molar-refractivity contribution is 5.94. The summed E-state index contributed by atoms with van der Waals surface area (Å²) >= 11 is 0. The van der Waals surface area contributed by atoms with Crippen LogP contribution < -0.4 is 0 Å². The van der Waals surface area contributed by atoms with Gasteiger partial charge in [-0.15, -0.1) is 0 Å². The smallest absolute Gasteiger partial charge is 0.187 e. The van der Waals surface area contributed by atoms with Gasteiger partial charge in [-0.1, -0.05) is 33.3 Å². The van der Waals surface area contributed by atoms with Crippen LogP contribution in [0, 0.1) is 46.3 Å². The molecule has 9 rings (SSSR count). The lowest BCUT2D eigenvalue weighted by Gasteiger charge is -2.58. The lowest BCUT2D eigenvalue weighted by molar-refractivity contribution is -0.380. The minimum atomic E-state index is -1.74. The maximum Gasteiger partial charge on any atom is 0.187 e. The van der Waals surface area contributed by atoms with Gasteiger partial charge in [0, 0.05) is 18.3 Å². The third kappa shape index (κ3) is 7.24. The third-order valence-corrected chi connectivity index (χ3v) is 17.2. The van der Waals surface area contributed by atoms with E-state index in [-0.39, 0.29) is 46.4 Å². The molecule has 0 amide bonds. The average molecular weight is 869 g/mol. The fraction of sp³-hybridized carbons (Fsp3) is 0.932. The van der Waals surface area contributed by atoms with Crippen LogP contribution in [-0.4, -0.2) is 170 Å². The Bertz CT molecular complexity index is 1640. The lowest BCUT2D eigenvalue weighted by atomic mass is 9.46. The molecule has 5 saturated heterocycles. The summed E-state index contributed by atoms with van der Waals surface area (Å²) in [5.74, 6) is 0.955. The number of aliphatic hydroxyl groups is 8. The number of rotatable bonds is 8. The molecular weight excluding hydrogens is 800 g/mol. The maximum absolute atomic E-state index is 14.5. The quantitative estimate of drug-likeness (QED) is 0.160. The molecule has 5 aliphatic heterocycles. The Hall–Kier alpha value is -1.23. The van der Waals surface area contributed by atoms with E-state index in [0.29, 0.717) is 31.3 Å². The first-order valence-electron chi connectivity index (χ1n) is 22.7. The van der Waals surface area contributed by atoms with E-state index in [2.05, 4.69) is 27.7 Å². The summed E-state index contributed by atoms with van der Waals surface area (Å²) in [6, 6.07) is 0. The highest BCUT2D eigenvalue weighted by atomic mass is 16.8.